The molecule has 1 aliphatic heterocycles. The van der Waals surface area contributed by atoms with Crippen LogP contribution in [0.1, 0.15) is 18.9 Å². The van der Waals surface area contributed by atoms with Gasteiger partial charge in [-0.1, -0.05) is 19.1 Å². The van der Waals surface area contributed by atoms with Crippen molar-refractivity contribution in [2.24, 2.45) is 0 Å². The van der Waals surface area contributed by atoms with Crippen molar-refractivity contribution in [2.45, 2.75) is 18.8 Å². The van der Waals surface area contributed by atoms with Crippen molar-refractivity contribution in [3.05, 3.63) is 36.4 Å². The van der Waals surface area contributed by atoms with Crippen LogP contribution in [0.25, 0.3) is 0 Å². The van der Waals surface area contributed by atoms with Gasteiger partial charge in [0, 0.05) is 11.8 Å². The molecule has 0 spiro atoms. The van der Waals surface area contributed by atoms with Crippen LogP contribution in [-0.4, -0.2) is 6.79 Å². The number of nitrogens with zero attached hydrogens (tertiary/aromatic N) is 1. The van der Waals surface area contributed by atoms with E-state index < -0.39 is 0 Å². The first-order chi connectivity index (χ1) is 7.69. The number of benzene rings is 1. The SMILES string of the molecule is C=CC(C)(CC#N)c1ccc2c(c1)OCO2. The first kappa shape index (κ1) is 10.6. The first-order valence-corrected chi connectivity index (χ1v) is 5.10. The molecular formula is C13H13NO2. The normalized spacial score (nSPS) is 16.2. The minimum atomic E-state index is -0.338. The third-order valence-electron chi connectivity index (χ3n) is 2.93. The van der Waals surface area contributed by atoms with Gasteiger partial charge in [0.1, 0.15) is 0 Å². The molecule has 0 saturated heterocycles. The van der Waals surface area contributed by atoms with Crippen LogP contribution < -0.4 is 9.47 Å². The van der Waals surface area contributed by atoms with E-state index in [0.717, 1.165) is 17.1 Å². The maximum Gasteiger partial charge on any atom is 0.231 e. The minimum Gasteiger partial charge on any atom is -0.454 e. The lowest BCUT2D eigenvalue weighted by Gasteiger charge is -2.23. The van der Waals surface area contributed by atoms with Crippen molar-refractivity contribution in [3.63, 3.8) is 0 Å². The third-order valence-corrected chi connectivity index (χ3v) is 2.93. The van der Waals surface area contributed by atoms with Crippen LogP contribution in [0.3, 0.4) is 0 Å². The second kappa shape index (κ2) is 3.90. The summed E-state index contributed by atoms with van der Waals surface area (Å²) in [5, 5.41) is 8.83. The lowest BCUT2D eigenvalue weighted by Crippen LogP contribution is -2.17. The average Bonchev–Trinajstić information content (AvgIpc) is 2.76. The average molecular weight is 215 g/mol. The van der Waals surface area contributed by atoms with E-state index in [1.807, 2.05) is 25.1 Å². The molecule has 0 aliphatic carbocycles. The molecule has 1 unspecified atom stereocenters. The van der Waals surface area contributed by atoms with Crippen molar-refractivity contribution >= 4 is 0 Å². The summed E-state index contributed by atoms with van der Waals surface area (Å²) in [5.74, 6) is 1.50. The molecule has 1 aliphatic rings. The molecule has 0 fully saturated rings. The van der Waals surface area contributed by atoms with E-state index in [9.17, 15) is 0 Å². The van der Waals surface area contributed by atoms with Crippen LogP contribution in [0.4, 0.5) is 0 Å². The van der Waals surface area contributed by atoms with Gasteiger partial charge in [-0.3, -0.25) is 0 Å². The summed E-state index contributed by atoms with van der Waals surface area (Å²) in [4.78, 5) is 0. The van der Waals surface area contributed by atoms with E-state index in [1.165, 1.54) is 0 Å². The van der Waals surface area contributed by atoms with Crippen LogP contribution in [0.5, 0.6) is 11.5 Å². The summed E-state index contributed by atoms with van der Waals surface area (Å²) in [6.45, 7) is 6.05. The highest BCUT2D eigenvalue weighted by Gasteiger charge is 2.25. The zero-order valence-corrected chi connectivity index (χ0v) is 9.19. The molecule has 16 heavy (non-hydrogen) atoms. The standard InChI is InChI=1S/C13H13NO2/c1-3-13(2,6-7-14)10-4-5-11-12(8-10)16-9-15-11/h3-5,8H,1,6,9H2,2H3. The fourth-order valence-electron chi connectivity index (χ4n) is 1.71. The lowest BCUT2D eigenvalue weighted by atomic mass is 9.80. The second-order valence-electron chi connectivity index (χ2n) is 4.02. The van der Waals surface area contributed by atoms with Gasteiger partial charge in [-0.05, 0) is 17.7 Å². The van der Waals surface area contributed by atoms with Gasteiger partial charge >= 0.3 is 0 Å². The molecule has 3 nitrogen and oxygen atoms in total. The Bertz CT molecular complexity index is 461. The van der Waals surface area contributed by atoms with Gasteiger partial charge in [0.05, 0.1) is 6.07 Å². The van der Waals surface area contributed by atoms with E-state index >= 15 is 0 Å². The van der Waals surface area contributed by atoms with Crippen molar-refractivity contribution in [3.8, 4) is 17.6 Å². The van der Waals surface area contributed by atoms with Crippen LogP contribution in [-0.2, 0) is 5.41 Å². The van der Waals surface area contributed by atoms with Crippen molar-refractivity contribution in [1.82, 2.24) is 0 Å². The van der Waals surface area contributed by atoms with Gasteiger partial charge < -0.3 is 9.47 Å². The van der Waals surface area contributed by atoms with E-state index in [1.54, 1.807) is 6.08 Å². The van der Waals surface area contributed by atoms with E-state index in [2.05, 4.69) is 12.6 Å². The molecule has 1 aromatic carbocycles. The van der Waals surface area contributed by atoms with E-state index in [-0.39, 0.29) is 12.2 Å². The van der Waals surface area contributed by atoms with Crippen LogP contribution in [0.2, 0.25) is 0 Å². The maximum absolute atomic E-state index is 8.83. The summed E-state index contributed by atoms with van der Waals surface area (Å²) in [5.41, 5.74) is 0.684. The highest BCUT2D eigenvalue weighted by atomic mass is 16.7. The number of hydrogen-bond acceptors (Lipinski definition) is 3. The fourth-order valence-corrected chi connectivity index (χ4v) is 1.71. The number of allylic oxidation sites excluding steroid dienone is 1. The molecule has 2 rings (SSSR count). The molecule has 0 N–H and O–H groups in total. The number of hydrogen-bond donors (Lipinski definition) is 0. The van der Waals surface area contributed by atoms with Crippen LogP contribution >= 0.6 is 0 Å². The van der Waals surface area contributed by atoms with E-state index in [0.29, 0.717) is 6.42 Å². The van der Waals surface area contributed by atoms with E-state index in [4.69, 9.17) is 14.7 Å². The monoisotopic (exact) mass is 215 g/mol. The maximum atomic E-state index is 8.83. The highest BCUT2D eigenvalue weighted by molar-refractivity contribution is 5.47. The Morgan fingerprint density at radius 2 is 2.25 bits per heavy atom. The number of nitriles is 1. The molecule has 3 heteroatoms. The van der Waals surface area contributed by atoms with Crippen molar-refractivity contribution in [1.29, 1.82) is 5.26 Å². The van der Waals surface area contributed by atoms with Crippen molar-refractivity contribution in [2.75, 3.05) is 6.79 Å². The second-order valence-corrected chi connectivity index (χ2v) is 4.02. The van der Waals surface area contributed by atoms with Crippen molar-refractivity contribution < 1.29 is 9.47 Å². The van der Waals surface area contributed by atoms with Gasteiger partial charge in [-0.25, -0.2) is 0 Å². The summed E-state index contributed by atoms with van der Waals surface area (Å²) in [6, 6.07) is 7.92. The smallest absolute Gasteiger partial charge is 0.231 e. The van der Waals surface area contributed by atoms with Gasteiger partial charge in [-0.15, -0.1) is 6.58 Å². The Hall–Kier alpha value is -1.95. The number of fused-ring (bicyclic) bond motifs is 1. The Kier molecular flexibility index (Phi) is 2.57. The number of ether oxygens (including phenoxy) is 2. The molecule has 1 aromatic rings. The molecule has 0 radical (unpaired) electrons. The zero-order valence-electron chi connectivity index (χ0n) is 9.19. The highest BCUT2D eigenvalue weighted by Crippen LogP contribution is 2.37. The van der Waals surface area contributed by atoms with Gasteiger partial charge in [0.25, 0.3) is 0 Å². The molecule has 82 valence electrons. The summed E-state index contributed by atoms with van der Waals surface area (Å²) >= 11 is 0. The molecule has 0 bridgehead atoms. The molecular weight excluding hydrogens is 202 g/mol. The van der Waals surface area contributed by atoms with Crippen LogP contribution in [0, 0.1) is 11.3 Å². The quantitative estimate of drug-likeness (QED) is 0.728. The molecule has 0 amide bonds. The van der Waals surface area contributed by atoms with Crippen LogP contribution in [0.15, 0.2) is 30.9 Å². The predicted molar refractivity (Wildman–Crippen MR) is 60.3 cm³/mol. The zero-order chi connectivity index (χ0) is 11.6. The van der Waals surface area contributed by atoms with Gasteiger partial charge in [0.15, 0.2) is 11.5 Å². The Morgan fingerprint density at radius 1 is 1.50 bits per heavy atom. The summed E-state index contributed by atoms with van der Waals surface area (Å²) in [6.07, 6.45) is 2.20. The van der Waals surface area contributed by atoms with Gasteiger partial charge in [-0.2, -0.15) is 5.26 Å². The lowest BCUT2D eigenvalue weighted by molar-refractivity contribution is 0.174. The Labute approximate surface area is 94.9 Å². The predicted octanol–water partition coefficient (Wildman–Crippen LogP) is 2.77. The molecule has 0 aromatic heterocycles. The molecule has 0 saturated carbocycles. The Morgan fingerprint density at radius 3 is 2.94 bits per heavy atom. The third kappa shape index (κ3) is 1.63. The molecule has 1 heterocycles. The number of rotatable bonds is 3. The summed E-state index contributed by atoms with van der Waals surface area (Å²) in [7, 11) is 0. The minimum absolute atomic E-state index is 0.266. The van der Waals surface area contributed by atoms with Gasteiger partial charge in [0.2, 0.25) is 6.79 Å². The summed E-state index contributed by atoms with van der Waals surface area (Å²) < 4.78 is 10.6. The Balaban J connectivity index is 2.40. The topological polar surface area (TPSA) is 42.2 Å². The molecule has 1 atom stereocenters. The largest absolute Gasteiger partial charge is 0.454 e. The fraction of sp³-hybridized carbons (Fsp3) is 0.308. The first-order valence-electron chi connectivity index (χ1n) is 5.10.